The van der Waals surface area contributed by atoms with Gasteiger partial charge in [-0.2, -0.15) is 0 Å². The van der Waals surface area contributed by atoms with Crippen LogP contribution in [0.25, 0.3) is 0 Å². The molecule has 0 heterocycles. The van der Waals surface area contributed by atoms with Crippen LogP contribution in [0.2, 0.25) is 0 Å². The molecule has 0 spiro atoms. The van der Waals surface area contributed by atoms with Gasteiger partial charge in [-0.3, -0.25) is 14.4 Å². The topological polar surface area (TPSA) is 78.9 Å². The number of unbranched alkanes of at least 4 members (excludes halogenated alkanes) is 26. The summed E-state index contributed by atoms with van der Waals surface area (Å²) in [6.45, 7) is 6.35. The van der Waals surface area contributed by atoms with Crippen LogP contribution in [0.1, 0.15) is 303 Å². The minimum Gasteiger partial charge on any atom is -0.462 e. The van der Waals surface area contributed by atoms with E-state index in [1.165, 1.54) is 141 Å². The molecule has 0 N–H and O–H groups in total. The van der Waals surface area contributed by atoms with Gasteiger partial charge in [-0.1, -0.05) is 301 Å². The van der Waals surface area contributed by atoms with E-state index in [0.29, 0.717) is 19.3 Å². The summed E-state index contributed by atoms with van der Waals surface area (Å²) in [4.78, 5) is 38.4. The van der Waals surface area contributed by atoms with Gasteiger partial charge in [-0.15, -0.1) is 0 Å². The Balaban J connectivity index is 4.41. The third-order valence-corrected chi connectivity index (χ3v) is 14.3. The number of ether oxygens (including phenoxy) is 3. The number of rotatable bonds is 61. The van der Waals surface area contributed by atoms with E-state index < -0.39 is 12.1 Å². The zero-order valence-corrected chi connectivity index (χ0v) is 53.9. The molecule has 0 aliphatic carbocycles. The zero-order chi connectivity index (χ0) is 59.9. The molecule has 0 bridgehead atoms. The number of hydrogen-bond donors (Lipinski definition) is 0. The Labute approximate surface area is 512 Å². The van der Waals surface area contributed by atoms with Crippen LogP contribution in [-0.2, 0) is 28.6 Å². The summed E-state index contributed by atoms with van der Waals surface area (Å²) in [5.74, 6) is -1.01. The quantitative estimate of drug-likeness (QED) is 0.0261. The molecule has 6 nitrogen and oxygen atoms in total. The summed E-state index contributed by atoms with van der Waals surface area (Å²) in [5, 5.41) is 0. The lowest BCUT2D eigenvalue weighted by molar-refractivity contribution is -0.166. The van der Waals surface area contributed by atoms with Gasteiger partial charge < -0.3 is 14.2 Å². The lowest BCUT2D eigenvalue weighted by Crippen LogP contribution is -2.30. The summed E-state index contributed by atoms with van der Waals surface area (Å²) in [5.41, 5.74) is 0. The third kappa shape index (κ3) is 68.0. The molecule has 0 aromatic rings. The van der Waals surface area contributed by atoms with Gasteiger partial charge in [0.25, 0.3) is 0 Å². The van der Waals surface area contributed by atoms with Crippen molar-refractivity contribution in [1.29, 1.82) is 0 Å². The Morgan fingerprint density at radius 3 is 0.783 bits per heavy atom. The minimum absolute atomic E-state index is 0.116. The molecular weight excluding hydrogens is 1020 g/mol. The van der Waals surface area contributed by atoms with Crippen molar-refractivity contribution in [2.75, 3.05) is 13.2 Å². The number of hydrogen-bond acceptors (Lipinski definition) is 6. The van der Waals surface area contributed by atoms with Gasteiger partial charge in [-0.05, 0) is 128 Å². The number of esters is 3. The van der Waals surface area contributed by atoms with E-state index in [9.17, 15) is 14.4 Å². The second-order valence-electron chi connectivity index (χ2n) is 22.3. The summed E-state index contributed by atoms with van der Waals surface area (Å²) < 4.78 is 16.9. The van der Waals surface area contributed by atoms with Crippen LogP contribution in [0, 0.1) is 0 Å². The highest BCUT2D eigenvalue weighted by molar-refractivity contribution is 5.71. The van der Waals surface area contributed by atoms with Crippen LogP contribution < -0.4 is 0 Å². The molecule has 0 fully saturated rings. The van der Waals surface area contributed by atoms with Crippen LogP contribution in [0.3, 0.4) is 0 Å². The fourth-order valence-corrected chi connectivity index (χ4v) is 9.26. The predicted molar refractivity (Wildman–Crippen MR) is 362 cm³/mol. The Kier molecular flexibility index (Phi) is 65.8. The van der Waals surface area contributed by atoms with Gasteiger partial charge in [0.2, 0.25) is 0 Å². The highest BCUT2D eigenvalue weighted by atomic mass is 16.6. The standard InChI is InChI=1S/C77H126O6/c1-4-7-10-13-16-19-22-25-28-31-33-34-35-36-37-38-39-40-41-42-44-46-49-52-55-58-61-64-67-70-76(79)82-73-74(72-81-75(78)69-66-63-60-57-54-51-48-45-30-27-24-21-18-15-12-9-6-3)83-77(80)71-68-65-62-59-56-53-50-47-43-32-29-26-23-20-17-14-11-8-5-2/h8-9,11-12,17-18,20-22,25-27,29-31,33,35-36,43,47,53,56,62,65,74H,4-7,10,13-16,19,23-24,28,32,34,37-42,44-46,48-52,54-55,57-61,63-64,66-73H2,1-3H3/b11-8-,12-9-,20-17-,21-18-,25-22-,29-26-,30-27-,33-31-,36-35-,47-43-,56-53-,65-62-. The Morgan fingerprint density at radius 1 is 0.253 bits per heavy atom. The van der Waals surface area contributed by atoms with Gasteiger partial charge >= 0.3 is 17.9 Å². The molecule has 0 aliphatic heterocycles. The first-order chi connectivity index (χ1) is 41.0. The molecular formula is C77H126O6. The van der Waals surface area contributed by atoms with E-state index in [1.54, 1.807) is 0 Å². The summed E-state index contributed by atoms with van der Waals surface area (Å²) >= 11 is 0. The maximum Gasteiger partial charge on any atom is 0.306 e. The molecule has 0 radical (unpaired) electrons. The van der Waals surface area contributed by atoms with Crippen molar-refractivity contribution in [2.45, 2.75) is 309 Å². The minimum atomic E-state index is -0.831. The van der Waals surface area contributed by atoms with Crippen LogP contribution in [-0.4, -0.2) is 37.2 Å². The SMILES string of the molecule is CC/C=C\C/C=C\C/C=C\C/C=C\C/C=C\C/C=C\CCC(=O)OC(COC(=O)CCCCCCCCC/C=C\C/C=C\C/C=C\CC)COC(=O)CCCCCCCCCCCCCCCC/C=C\C/C=C\C/C=C\CCCCCCC. The Bertz CT molecular complexity index is 1800. The van der Waals surface area contributed by atoms with E-state index in [-0.39, 0.29) is 31.6 Å². The maximum absolute atomic E-state index is 12.9. The second kappa shape index (κ2) is 69.8. The molecule has 0 aliphatic rings. The van der Waals surface area contributed by atoms with Crippen LogP contribution in [0.4, 0.5) is 0 Å². The lowest BCUT2D eigenvalue weighted by atomic mass is 10.0. The van der Waals surface area contributed by atoms with Gasteiger partial charge in [-0.25, -0.2) is 0 Å². The molecule has 1 unspecified atom stereocenters. The molecule has 0 aromatic carbocycles. The highest BCUT2D eigenvalue weighted by Gasteiger charge is 2.19. The van der Waals surface area contributed by atoms with Crippen molar-refractivity contribution >= 4 is 17.9 Å². The molecule has 0 amide bonds. The van der Waals surface area contributed by atoms with Crippen molar-refractivity contribution in [1.82, 2.24) is 0 Å². The molecule has 0 saturated carbocycles. The predicted octanol–water partition coefficient (Wildman–Crippen LogP) is 23.9. The Hall–Kier alpha value is -4.71. The zero-order valence-electron chi connectivity index (χ0n) is 53.9. The highest BCUT2D eigenvalue weighted by Crippen LogP contribution is 2.16. The molecule has 1 atom stereocenters. The van der Waals surface area contributed by atoms with Gasteiger partial charge in [0.15, 0.2) is 6.10 Å². The van der Waals surface area contributed by atoms with Crippen molar-refractivity contribution < 1.29 is 28.6 Å². The number of allylic oxidation sites excluding steroid dienone is 24. The third-order valence-electron chi connectivity index (χ3n) is 14.3. The van der Waals surface area contributed by atoms with Crippen LogP contribution >= 0.6 is 0 Å². The van der Waals surface area contributed by atoms with E-state index in [4.69, 9.17) is 14.2 Å². The first-order valence-electron chi connectivity index (χ1n) is 34.3. The molecule has 83 heavy (non-hydrogen) atoms. The Morgan fingerprint density at radius 2 is 0.494 bits per heavy atom. The monoisotopic (exact) mass is 1150 g/mol. The summed E-state index contributed by atoms with van der Waals surface area (Å²) in [6.07, 6.45) is 100. The van der Waals surface area contributed by atoms with Crippen molar-refractivity contribution in [3.05, 3.63) is 146 Å². The van der Waals surface area contributed by atoms with Crippen molar-refractivity contribution in [3.63, 3.8) is 0 Å². The average molecular weight is 1150 g/mol. The summed E-state index contributed by atoms with van der Waals surface area (Å²) in [7, 11) is 0. The van der Waals surface area contributed by atoms with Crippen LogP contribution in [0.5, 0.6) is 0 Å². The van der Waals surface area contributed by atoms with E-state index in [0.717, 1.165) is 116 Å². The van der Waals surface area contributed by atoms with E-state index in [1.807, 2.05) is 6.08 Å². The van der Waals surface area contributed by atoms with Crippen LogP contribution in [0.15, 0.2) is 146 Å². The van der Waals surface area contributed by atoms with Gasteiger partial charge in [0, 0.05) is 19.3 Å². The normalized spacial score (nSPS) is 13.0. The smallest absolute Gasteiger partial charge is 0.306 e. The maximum atomic E-state index is 12.9. The molecule has 0 saturated heterocycles. The summed E-state index contributed by atoms with van der Waals surface area (Å²) in [6, 6.07) is 0. The fourth-order valence-electron chi connectivity index (χ4n) is 9.26. The molecule has 6 heteroatoms. The average Bonchev–Trinajstić information content (AvgIpc) is 3.49. The first kappa shape index (κ1) is 78.3. The lowest BCUT2D eigenvalue weighted by Gasteiger charge is -2.18. The molecule has 0 aromatic heterocycles. The molecule has 470 valence electrons. The second-order valence-corrected chi connectivity index (χ2v) is 22.3. The molecule has 0 rings (SSSR count). The van der Waals surface area contributed by atoms with Crippen molar-refractivity contribution in [2.24, 2.45) is 0 Å². The van der Waals surface area contributed by atoms with E-state index >= 15 is 0 Å². The first-order valence-corrected chi connectivity index (χ1v) is 34.3. The number of carbonyl (C=O) groups is 3. The van der Waals surface area contributed by atoms with Gasteiger partial charge in [0.05, 0.1) is 0 Å². The van der Waals surface area contributed by atoms with Crippen molar-refractivity contribution in [3.8, 4) is 0 Å². The largest absolute Gasteiger partial charge is 0.462 e. The number of carbonyl (C=O) groups excluding carboxylic acids is 3. The van der Waals surface area contributed by atoms with E-state index in [2.05, 4.69) is 161 Å². The van der Waals surface area contributed by atoms with Gasteiger partial charge in [0.1, 0.15) is 13.2 Å². The fraction of sp³-hybridized carbons (Fsp3) is 0.649.